The molecule has 1 amide bonds. The fourth-order valence-electron chi connectivity index (χ4n) is 3.96. The van der Waals surface area contributed by atoms with E-state index in [1.165, 1.54) is 0 Å². The highest BCUT2D eigenvalue weighted by atomic mass is 16.5. The second-order valence-corrected chi connectivity index (χ2v) is 7.27. The molecule has 2 aromatic rings. The Bertz CT molecular complexity index is 1050. The van der Waals surface area contributed by atoms with Crippen molar-refractivity contribution >= 4 is 17.2 Å². The molecule has 0 unspecified atom stereocenters. The van der Waals surface area contributed by atoms with Gasteiger partial charge in [-0.05, 0) is 18.2 Å². The van der Waals surface area contributed by atoms with Crippen molar-refractivity contribution in [3.63, 3.8) is 0 Å². The summed E-state index contributed by atoms with van der Waals surface area (Å²) >= 11 is 0. The minimum atomic E-state index is -0.00798. The number of pyridine rings is 1. The quantitative estimate of drug-likeness (QED) is 0.824. The number of morpholine rings is 1. The monoisotopic (exact) mass is 404 g/mol. The molecule has 30 heavy (non-hydrogen) atoms. The number of hydrogen-bond acceptors (Lipinski definition) is 6. The van der Waals surface area contributed by atoms with Crippen LogP contribution in [0.3, 0.4) is 0 Å². The van der Waals surface area contributed by atoms with Crippen molar-refractivity contribution in [2.75, 3.05) is 45.8 Å². The van der Waals surface area contributed by atoms with Crippen molar-refractivity contribution < 1.29 is 14.3 Å². The van der Waals surface area contributed by atoms with Gasteiger partial charge in [-0.3, -0.25) is 9.78 Å². The van der Waals surface area contributed by atoms with E-state index in [-0.39, 0.29) is 5.91 Å². The number of nitrogens with one attached hydrogen (secondary N) is 1. The van der Waals surface area contributed by atoms with Crippen LogP contribution in [0.15, 0.2) is 30.3 Å². The third-order valence-electron chi connectivity index (χ3n) is 5.51. The lowest BCUT2D eigenvalue weighted by atomic mass is 10.0. The lowest BCUT2D eigenvalue weighted by molar-refractivity contribution is 0.0302. The van der Waals surface area contributed by atoms with Crippen molar-refractivity contribution in [2.24, 2.45) is 0 Å². The molecule has 1 N–H and O–H groups in total. The summed E-state index contributed by atoms with van der Waals surface area (Å²) in [6.07, 6.45) is 3.14. The van der Waals surface area contributed by atoms with Gasteiger partial charge in [-0.2, -0.15) is 5.26 Å². The third kappa shape index (κ3) is 3.74. The Kier molecular flexibility index (Phi) is 5.68. The van der Waals surface area contributed by atoms with Gasteiger partial charge in [-0.1, -0.05) is 12.1 Å². The van der Waals surface area contributed by atoms with Crippen LogP contribution in [0.2, 0.25) is 0 Å². The number of allylic oxidation sites excluding steroid dienone is 2. The van der Waals surface area contributed by atoms with Gasteiger partial charge in [0.1, 0.15) is 5.75 Å². The summed E-state index contributed by atoms with van der Waals surface area (Å²) in [5, 5.41) is 12.5. The molecule has 0 radical (unpaired) electrons. The molecule has 1 saturated heterocycles. The van der Waals surface area contributed by atoms with E-state index in [4.69, 9.17) is 14.5 Å². The molecule has 7 nitrogen and oxygen atoms in total. The minimum absolute atomic E-state index is 0.00798. The maximum atomic E-state index is 12.8. The van der Waals surface area contributed by atoms with Crippen LogP contribution in [0.5, 0.6) is 5.75 Å². The van der Waals surface area contributed by atoms with E-state index in [1.807, 2.05) is 31.3 Å². The number of amides is 1. The van der Waals surface area contributed by atoms with Crippen LogP contribution in [-0.4, -0.2) is 56.3 Å². The first-order valence-electron chi connectivity index (χ1n) is 9.99. The zero-order valence-electron chi connectivity index (χ0n) is 17.2. The van der Waals surface area contributed by atoms with Crippen LogP contribution < -0.4 is 10.1 Å². The lowest BCUT2D eigenvalue weighted by Crippen LogP contribution is -2.40. The summed E-state index contributed by atoms with van der Waals surface area (Å²) in [6, 6.07) is 9.79. The molecule has 1 aromatic heterocycles. The number of carbonyl (C=O) groups is 1. The highest BCUT2D eigenvalue weighted by Gasteiger charge is 2.22. The van der Waals surface area contributed by atoms with Crippen LogP contribution >= 0.6 is 0 Å². The number of nitrogens with zero attached hydrogens (tertiary/aromatic N) is 3. The van der Waals surface area contributed by atoms with Crippen molar-refractivity contribution in [1.29, 1.82) is 5.26 Å². The van der Waals surface area contributed by atoms with E-state index in [0.717, 1.165) is 28.2 Å². The third-order valence-corrected chi connectivity index (χ3v) is 5.51. The number of fused-ring (bicyclic) bond motifs is 1. The van der Waals surface area contributed by atoms with Gasteiger partial charge in [0, 0.05) is 61.1 Å². The lowest BCUT2D eigenvalue weighted by Gasteiger charge is -2.27. The second-order valence-electron chi connectivity index (χ2n) is 7.27. The predicted octanol–water partition coefficient (Wildman–Crippen LogP) is 2.66. The van der Waals surface area contributed by atoms with Crippen LogP contribution in [0, 0.1) is 11.3 Å². The molecule has 7 heteroatoms. The van der Waals surface area contributed by atoms with Crippen molar-refractivity contribution in [2.45, 2.75) is 12.8 Å². The average molecular weight is 404 g/mol. The summed E-state index contributed by atoms with van der Waals surface area (Å²) < 4.78 is 10.9. The Morgan fingerprint density at radius 3 is 2.83 bits per heavy atom. The number of nitriles is 1. The smallest absolute Gasteiger partial charge is 0.254 e. The van der Waals surface area contributed by atoms with Crippen molar-refractivity contribution in [3.8, 4) is 11.8 Å². The fraction of sp³-hybridized carbons (Fsp3) is 0.348. The summed E-state index contributed by atoms with van der Waals surface area (Å²) in [7, 11) is 3.46. The van der Waals surface area contributed by atoms with Gasteiger partial charge in [-0.15, -0.1) is 0 Å². The van der Waals surface area contributed by atoms with E-state index < -0.39 is 0 Å². The highest BCUT2D eigenvalue weighted by molar-refractivity contribution is 5.95. The number of carbonyl (C=O) groups excluding carboxylic acids is 1. The maximum absolute atomic E-state index is 12.8. The van der Waals surface area contributed by atoms with Gasteiger partial charge in [0.25, 0.3) is 5.91 Å². The summed E-state index contributed by atoms with van der Waals surface area (Å²) in [4.78, 5) is 19.3. The first-order valence-corrected chi connectivity index (χ1v) is 9.99. The fourth-order valence-corrected chi connectivity index (χ4v) is 3.96. The number of hydrogen-bond donors (Lipinski definition) is 1. The van der Waals surface area contributed by atoms with Gasteiger partial charge < -0.3 is 19.7 Å². The molecule has 1 fully saturated rings. The molecule has 4 rings (SSSR count). The number of aromatic nitrogens is 1. The molecular weight excluding hydrogens is 380 g/mol. The average Bonchev–Trinajstić information content (AvgIpc) is 3.22. The van der Waals surface area contributed by atoms with E-state index in [1.54, 1.807) is 18.1 Å². The second kappa shape index (κ2) is 8.56. The Morgan fingerprint density at radius 1 is 1.33 bits per heavy atom. The number of benzene rings is 1. The first kappa shape index (κ1) is 19.9. The first-order chi connectivity index (χ1) is 14.6. The van der Waals surface area contributed by atoms with Gasteiger partial charge >= 0.3 is 0 Å². The molecule has 1 aromatic carbocycles. The number of ether oxygens (including phenoxy) is 2. The van der Waals surface area contributed by atoms with Crippen LogP contribution in [0.4, 0.5) is 5.69 Å². The summed E-state index contributed by atoms with van der Waals surface area (Å²) in [5.41, 5.74) is 5.82. The van der Waals surface area contributed by atoms with Crippen molar-refractivity contribution in [3.05, 3.63) is 58.4 Å². The standard InChI is InChI=1S/C23H24N4O3/c1-25-20-13-18(26-19-6-5-17(14-24)22(19)20)11-15-3-4-16(12-21(15)29-2)23(28)27-7-9-30-10-8-27/h3-5,12-13H,6-11H2,1-2H3,(H,25,26). The van der Waals surface area contributed by atoms with E-state index in [9.17, 15) is 10.1 Å². The maximum Gasteiger partial charge on any atom is 0.254 e. The molecule has 1 aliphatic heterocycles. The molecule has 2 heterocycles. The predicted molar refractivity (Wildman–Crippen MR) is 114 cm³/mol. The Hall–Kier alpha value is -3.37. The zero-order chi connectivity index (χ0) is 21.1. The molecule has 0 atom stereocenters. The van der Waals surface area contributed by atoms with Gasteiger partial charge in [0.05, 0.1) is 37.7 Å². The molecule has 2 aliphatic rings. The van der Waals surface area contributed by atoms with Gasteiger partial charge in [-0.25, -0.2) is 0 Å². The van der Waals surface area contributed by atoms with Gasteiger partial charge in [0.2, 0.25) is 0 Å². The Balaban J connectivity index is 1.60. The topological polar surface area (TPSA) is 87.5 Å². The van der Waals surface area contributed by atoms with E-state index >= 15 is 0 Å². The van der Waals surface area contributed by atoms with E-state index in [2.05, 4.69) is 11.4 Å². The molecule has 0 bridgehead atoms. The minimum Gasteiger partial charge on any atom is -0.496 e. The van der Waals surface area contributed by atoms with Crippen LogP contribution in [0.1, 0.15) is 32.9 Å². The molecular formula is C23H24N4O3. The Morgan fingerprint density at radius 2 is 2.13 bits per heavy atom. The normalized spacial score (nSPS) is 15.2. The molecule has 0 spiro atoms. The van der Waals surface area contributed by atoms with Crippen LogP contribution in [0.25, 0.3) is 5.57 Å². The summed E-state index contributed by atoms with van der Waals surface area (Å²) in [5.74, 6) is 0.657. The van der Waals surface area contributed by atoms with Gasteiger partial charge in [0.15, 0.2) is 0 Å². The highest BCUT2D eigenvalue weighted by Crippen LogP contribution is 2.34. The molecule has 154 valence electrons. The van der Waals surface area contributed by atoms with Crippen LogP contribution in [-0.2, 0) is 17.6 Å². The zero-order valence-corrected chi connectivity index (χ0v) is 17.2. The SMILES string of the molecule is CNc1cc(Cc2ccc(C(=O)N3CCOCC3)cc2OC)nc2c1C(C#N)=CC2. The van der Waals surface area contributed by atoms with Crippen molar-refractivity contribution in [1.82, 2.24) is 9.88 Å². The number of methoxy groups -OCH3 is 1. The number of rotatable bonds is 5. The largest absolute Gasteiger partial charge is 0.496 e. The number of anilines is 1. The van der Waals surface area contributed by atoms with E-state index in [0.29, 0.717) is 56.0 Å². The molecule has 1 aliphatic carbocycles. The summed E-state index contributed by atoms with van der Waals surface area (Å²) in [6.45, 7) is 2.35. The Labute approximate surface area is 175 Å². The molecule has 0 saturated carbocycles.